The van der Waals surface area contributed by atoms with E-state index in [-0.39, 0.29) is 6.42 Å². The molecule has 0 N–H and O–H groups in total. The second-order valence-electron chi connectivity index (χ2n) is 2.88. The highest BCUT2D eigenvalue weighted by Gasteiger charge is 2.29. The fraction of sp³-hybridized carbons (Fsp3) is 1.00. The summed E-state index contributed by atoms with van der Waals surface area (Å²) in [7, 11) is -6.95. The van der Waals surface area contributed by atoms with Crippen LogP contribution in [0, 0.1) is 0 Å². The van der Waals surface area contributed by atoms with Crippen molar-refractivity contribution < 1.29 is 16.8 Å². The standard InChI is InChI=1S/C6H14O4S2/c1-4-5-6(11(2,7)8)12(3,9)10/h6H,4-5H2,1-3H3. The van der Waals surface area contributed by atoms with Crippen molar-refractivity contribution in [3.63, 3.8) is 0 Å². The van der Waals surface area contributed by atoms with E-state index in [4.69, 9.17) is 0 Å². The SMILES string of the molecule is CCCC(S(C)(=O)=O)S(C)(=O)=O. The Kier molecular flexibility index (Phi) is 3.71. The second kappa shape index (κ2) is 3.74. The first-order valence-electron chi connectivity index (χ1n) is 3.57. The molecule has 0 saturated heterocycles. The zero-order valence-corrected chi connectivity index (χ0v) is 9.07. The third-order valence-corrected chi connectivity index (χ3v) is 5.96. The van der Waals surface area contributed by atoms with Gasteiger partial charge in [0.25, 0.3) is 0 Å². The maximum atomic E-state index is 11.0. The Morgan fingerprint density at radius 3 is 1.42 bits per heavy atom. The molecule has 12 heavy (non-hydrogen) atoms. The van der Waals surface area contributed by atoms with Crippen LogP contribution in [0.2, 0.25) is 0 Å². The molecule has 0 aromatic heterocycles. The van der Waals surface area contributed by atoms with Crippen LogP contribution < -0.4 is 0 Å². The van der Waals surface area contributed by atoms with Crippen molar-refractivity contribution in [3.05, 3.63) is 0 Å². The Labute approximate surface area is 73.8 Å². The Bertz CT molecular complexity index is 293. The van der Waals surface area contributed by atoms with Crippen LogP contribution >= 0.6 is 0 Å². The molecule has 0 rings (SSSR count). The van der Waals surface area contributed by atoms with E-state index >= 15 is 0 Å². The van der Waals surface area contributed by atoms with E-state index in [1.54, 1.807) is 6.92 Å². The summed E-state index contributed by atoms with van der Waals surface area (Å²) in [6.07, 6.45) is 2.63. The van der Waals surface area contributed by atoms with Crippen molar-refractivity contribution in [2.45, 2.75) is 24.3 Å². The average Bonchev–Trinajstić information content (AvgIpc) is 1.77. The zero-order chi connectivity index (χ0) is 9.99. The molecule has 6 heteroatoms. The second-order valence-corrected chi connectivity index (χ2v) is 7.63. The van der Waals surface area contributed by atoms with Gasteiger partial charge in [-0.3, -0.25) is 0 Å². The van der Waals surface area contributed by atoms with Crippen LogP contribution in [0.25, 0.3) is 0 Å². The predicted octanol–water partition coefficient (Wildman–Crippen LogP) is 0.202. The van der Waals surface area contributed by atoms with Gasteiger partial charge in [-0.25, -0.2) is 16.8 Å². The molecule has 0 aromatic carbocycles. The highest BCUT2D eigenvalue weighted by Crippen LogP contribution is 2.13. The van der Waals surface area contributed by atoms with Crippen molar-refractivity contribution in [1.82, 2.24) is 0 Å². The highest BCUT2D eigenvalue weighted by molar-refractivity contribution is 8.08. The van der Waals surface area contributed by atoms with E-state index in [9.17, 15) is 16.8 Å². The first-order chi connectivity index (χ1) is 5.19. The quantitative estimate of drug-likeness (QED) is 0.670. The largest absolute Gasteiger partial charge is 0.228 e. The van der Waals surface area contributed by atoms with Gasteiger partial charge in [0.05, 0.1) is 0 Å². The van der Waals surface area contributed by atoms with Gasteiger partial charge >= 0.3 is 0 Å². The lowest BCUT2D eigenvalue weighted by molar-refractivity contribution is 0.574. The van der Waals surface area contributed by atoms with Gasteiger partial charge in [-0.05, 0) is 6.42 Å². The van der Waals surface area contributed by atoms with E-state index in [1.165, 1.54) is 0 Å². The maximum absolute atomic E-state index is 11.0. The number of hydrogen-bond acceptors (Lipinski definition) is 4. The molecule has 0 saturated carbocycles. The summed E-state index contributed by atoms with van der Waals surface area (Å²) in [6.45, 7) is 1.75. The number of rotatable bonds is 4. The minimum Gasteiger partial charge on any atom is -0.228 e. The smallest absolute Gasteiger partial charge is 0.164 e. The van der Waals surface area contributed by atoms with E-state index in [0.29, 0.717) is 6.42 Å². The van der Waals surface area contributed by atoms with Crippen molar-refractivity contribution in [3.8, 4) is 0 Å². The van der Waals surface area contributed by atoms with E-state index in [2.05, 4.69) is 0 Å². The van der Waals surface area contributed by atoms with Crippen LogP contribution in [0.5, 0.6) is 0 Å². The molecule has 0 aliphatic carbocycles. The van der Waals surface area contributed by atoms with Crippen molar-refractivity contribution >= 4 is 19.7 Å². The van der Waals surface area contributed by atoms with Crippen molar-refractivity contribution in [2.75, 3.05) is 12.5 Å². The summed E-state index contributed by atoms with van der Waals surface area (Å²) in [5.74, 6) is 0. The molecular weight excluding hydrogens is 200 g/mol. The van der Waals surface area contributed by atoms with Gasteiger partial charge < -0.3 is 0 Å². The Morgan fingerprint density at radius 1 is 1.00 bits per heavy atom. The van der Waals surface area contributed by atoms with Crippen LogP contribution in [0.3, 0.4) is 0 Å². The molecular formula is C6H14O4S2. The van der Waals surface area contributed by atoms with Crippen LogP contribution in [0.4, 0.5) is 0 Å². The molecule has 0 bridgehead atoms. The van der Waals surface area contributed by atoms with Gasteiger partial charge in [-0.1, -0.05) is 13.3 Å². The molecule has 0 heterocycles. The molecule has 0 aromatic rings. The fourth-order valence-electron chi connectivity index (χ4n) is 0.981. The van der Waals surface area contributed by atoms with E-state index in [1.807, 2.05) is 0 Å². The van der Waals surface area contributed by atoms with Gasteiger partial charge in [0.1, 0.15) is 0 Å². The Balaban J connectivity index is 4.97. The topological polar surface area (TPSA) is 68.3 Å². The van der Waals surface area contributed by atoms with Gasteiger partial charge in [0.2, 0.25) is 0 Å². The third-order valence-electron chi connectivity index (χ3n) is 1.48. The molecule has 0 unspecified atom stereocenters. The highest BCUT2D eigenvalue weighted by atomic mass is 32.3. The predicted molar refractivity (Wildman–Crippen MR) is 48.4 cm³/mol. The third kappa shape index (κ3) is 3.53. The lowest BCUT2D eigenvalue weighted by Crippen LogP contribution is -2.28. The van der Waals surface area contributed by atoms with Crippen LogP contribution in [-0.4, -0.2) is 33.9 Å². The average molecular weight is 214 g/mol. The molecule has 4 nitrogen and oxygen atoms in total. The van der Waals surface area contributed by atoms with Gasteiger partial charge in [0.15, 0.2) is 24.3 Å². The summed E-state index contributed by atoms with van der Waals surface area (Å²) >= 11 is 0. The van der Waals surface area contributed by atoms with E-state index < -0.39 is 24.3 Å². The zero-order valence-electron chi connectivity index (χ0n) is 7.44. The Morgan fingerprint density at radius 2 is 1.33 bits per heavy atom. The first-order valence-corrected chi connectivity index (χ1v) is 7.48. The van der Waals surface area contributed by atoms with Crippen LogP contribution in [0.1, 0.15) is 19.8 Å². The summed E-state index contributed by atoms with van der Waals surface area (Å²) < 4.78 is 42.7. The summed E-state index contributed by atoms with van der Waals surface area (Å²) in [6, 6.07) is 0. The molecule has 0 atom stereocenters. The van der Waals surface area contributed by atoms with Crippen LogP contribution in [-0.2, 0) is 19.7 Å². The van der Waals surface area contributed by atoms with Crippen molar-refractivity contribution in [2.24, 2.45) is 0 Å². The molecule has 74 valence electrons. The maximum Gasteiger partial charge on any atom is 0.164 e. The molecule has 0 radical (unpaired) electrons. The Hall–Kier alpha value is -0.100. The minimum atomic E-state index is -3.47. The summed E-state index contributed by atoms with van der Waals surface area (Å²) in [5, 5.41) is 0. The molecule has 0 spiro atoms. The van der Waals surface area contributed by atoms with Gasteiger partial charge in [0, 0.05) is 12.5 Å². The summed E-state index contributed by atoms with van der Waals surface area (Å²) in [5.41, 5.74) is 0. The summed E-state index contributed by atoms with van der Waals surface area (Å²) in [4.78, 5) is 0. The molecule has 0 amide bonds. The minimum absolute atomic E-state index is 0.178. The van der Waals surface area contributed by atoms with Crippen molar-refractivity contribution in [1.29, 1.82) is 0 Å². The lowest BCUT2D eigenvalue weighted by Gasteiger charge is -2.10. The fourth-order valence-corrected chi connectivity index (χ4v) is 4.85. The number of hydrogen-bond donors (Lipinski definition) is 0. The van der Waals surface area contributed by atoms with Crippen LogP contribution in [0.15, 0.2) is 0 Å². The van der Waals surface area contributed by atoms with Gasteiger partial charge in [-0.15, -0.1) is 0 Å². The first kappa shape index (κ1) is 11.9. The monoisotopic (exact) mass is 214 g/mol. The van der Waals surface area contributed by atoms with Gasteiger partial charge in [-0.2, -0.15) is 0 Å². The lowest BCUT2D eigenvalue weighted by atomic mass is 10.4. The molecule has 0 aliphatic heterocycles. The normalized spacial score (nSPS) is 13.7. The molecule has 0 aliphatic rings. The number of sulfone groups is 2. The molecule has 0 fully saturated rings. The van der Waals surface area contributed by atoms with E-state index in [0.717, 1.165) is 12.5 Å².